The Bertz CT molecular complexity index is 1390. The van der Waals surface area contributed by atoms with Crippen molar-refractivity contribution in [2.24, 2.45) is 0 Å². The highest BCUT2D eigenvalue weighted by Gasteiger charge is 2.27. The Labute approximate surface area is 198 Å². The van der Waals surface area contributed by atoms with Gasteiger partial charge in [-0.2, -0.15) is 0 Å². The second kappa shape index (κ2) is 8.87. The summed E-state index contributed by atoms with van der Waals surface area (Å²) in [5.74, 6) is -0.695. The number of rotatable bonds is 5. The summed E-state index contributed by atoms with van der Waals surface area (Å²) in [6.45, 7) is 10.7. The number of para-hydroxylation sites is 1. The van der Waals surface area contributed by atoms with Gasteiger partial charge in [0.15, 0.2) is 0 Å². The predicted octanol–water partition coefficient (Wildman–Crippen LogP) is 6.66. The number of nitrogens with one attached hydrogen (secondary N) is 1. The highest BCUT2D eigenvalue weighted by molar-refractivity contribution is 7.17. The first-order valence-electron chi connectivity index (χ1n) is 11.0. The molecule has 4 rings (SSSR count). The number of thiophene rings is 1. The van der Waals surface area contributed by atoms with Crippen LogP contribution in [0.25, 0.3) is 22.0 Å². The molecule has 0 aliphatic heterocycles. The second-order valence-electron chi connectivity index (χ2n) is 8.22. The number of ether oxygens (including phenoxy) is 1. The van der Waals surface area contributed by atoms with Crippen molar-refractivity contribution in [2.45, 2.75) is 41.2 Å². The Morgan fingerprint density at radius 1 is 1.03 bits per heavy atom. The molecule has 4 aromatic rings. The van der Waals surface area contributed by atoms with E-state index in [1.54, 1.807) is 0 Å². The van der Waals surface area contributed by atoms with Crippen molar-refractivity contribution in [2.75, 3.05) is 12.4 Å². The van der Waals surface area contributed by atoms with Gasteiger partial charge in [0.2, 0.25) is 0 Å². The number of hydrogen-bond acceptors (Lipinski definition) is 4. The van der Waals surface area contributed by atoms with Gasteiger partial charge in [0, 0.05) is 27.9 Å². The summed E-state index contributed by atoms with van der Waals surface area (Å²) in [6, 6.07) is 14.1. The van der Waals surface area contributed by atoms with Gasteiger partial charge in [-0.15, -0.1) is 11.3 Å². The highest BCUT2D eigenvalue weighted by Crippen LogP contribution is 2.41. The maximum Gasteiger partial charge on any atom is 0.341 e. The smallest absolute Gasteiger partial charge is 0.341 e. The molecule has 0 bridgehead atoms. The minimum Gasteiger partial charge on any atom is -0.465 e. The van der Waals surface area contributed by atoms with Crippen LogP contribution in [0.15, 0.2) is 42.5 Å². The molecule has 0 radical (unpaired) electrons. The van der Waals surface area contributed by atoms with Crippen LogP contribution in [-0.2, 0) is 11.3 Å². The summed E-state index contributed by atoms with van der Waals surface area (Å²) in [4.78, 5) is 27.3. The standard InChI is InChI=1S/C27H28N2O3S/c1-7-29-21-11-9-8-10-20(21)17(4)24(29)25(30)28-26-23(27(31)32-6)22(18(5)33-26)19-13-12-15(2)16(3)14-19/h8-14H,7H2,1-6H3,(H,28,30). The number of nitrogens with zero attached hydrogens (tertiary/aromatic N) is 1. The predicted molar refractivity (Wildman–Crippen MR) is 136 cm³/mol. The van der Waals surface area contributed by atoms with Gasteiger partial charge in [0.1, 0.15) is 16.3 Å². The lowest BCUT2D eigenvalue weighted by atomic mass is 9.97. The van der Waals surface area contributed by atoms with Crippen LogP contribution >= 0.6 is 11.3 Å². The fourth-order valence-electron chi connectivity index (χ4n) is 4.43. The molecule has 2 heterocycles. The van der Waals surface area contributed by atoms with E-state index in [1.807, 2.05) is 68.7 Å². The van der Waals surface area contributed by atoms with Crippen molar-refractivity contribution < 1.29 is 14.3 Å². The average molecular weight is 461 g/mol. The number of esters is 1. The number of amides is 1. The number of hydrogen-bond donors (Lipinski definition) is 1. The van der Waals surface area contributed by atoms with Crippen molar-refractivity contribution in [1.29, 1.82) is 0 Å². The van der Waals surface area contributed by atoms with Crippen molar-refractivity contribution in [3.8, 4) is 11.1 Å². The zero-order valence-electron chi connectivity index (χ0n) is 19.8. The number of aryl methyl sites for hydroxylation is 5. The summed E-state index contributed by atoms with van der Waals surface area (Å²) in [7, 11) is 1.37. The van der Waals surface area contributed by atoms with Crippen molar-refractivity contribution in [3.63, 3.8) is 0 Å². The van der Waals surface area contributed by atoms with Gasteiger partial charge in [-0.3, -0.25) is 4.79 Å². The Morgan fingerprint density at radius 3 is 2.42 bits per heavy atom. The van der Waals surface area contributed by atoms with Crippen LogP contribution in [0.5, 0.6) is 0 Å². The van der Waals surface area contributed by atoms with Crippen LogP contribution in [0.2, 0.25) is 0 Å². The van der Waals surface area contributed by atoms with Gasteiger partial charge in [-0.25, -0.2) is 4.79 Å². The molecule has 33 heavy (non-hydrogen) atoms. The van der Waals surface area contributed by atoms with Crippen molar-refractivity contribution in [1.82, 2.24) is 4.57 Å². The number of methoxy groups -OCH3 is 1. The van der Waals surface area contributed by atoms with Crippen LogP contribution in [0.1, 0.15) is 49.3 Å². The minimum atomic E-state index is -0.462. The molecular formula is C27H28N2O3S. The highest BCUT2D eigenvalue weighted by atomic mass is 32.1. The summed E-state index contributed by atoms with van der Waals surface area (Å²) in [6.07, 6.45) is 0. The molecule has 0 fully saturated rings. The topological polar surface area (TPSA) is 60.3 Å². The molecule has 2 aromatic heterocycles. The lowest BCUT2D eigenvalue weighted by Gasteiger charge is -2.11. The molecule has 0 saturated heterocycles. The molecule has 0 aliphatic carbocycles. The molecule has 5 nitrogen and oxygen atoms in total. The number of aromatic nitrogens is 1. The van der Waals surface area contributed by atoms with Crippen LogP contribution in [0.3, 0.4) is 0 Å². The maximum atomic E-state index is 13.5. The van der Waals surface area contributed by atoms with E-state index < -0.39 is 5.97 Å². The Kier molecular flexibility index (Phi) is 6.13. The van der Waals surface area contributed by atoms with Gasteiger partial charge in [-0.1, -0.05) is 36.4 Å². The van der Waals surface area contributed by atoms with Crippen molar-refractivity contribution >= 4 is 39.1 Å². The lowest BCUT2D eigenvalue weighted by molar-refractivity contribution is 0.0603. The lowest BCUT2D eigenvalue weighted by Crippen LogP contribution is -2.19. The molecule has 1 N–H and O–H groups in total. The maximum absolute atomic E-state index is 13.5. The average Bonchev–Trinajstić information content (AvgIpc) is 3.28. The van der Waals surface area contributed by atoms with Crippen molar-refractivity contribution in [3.05, 3.63) is 75.3 Å². The van der Waals surface area contributed by atoms with Crippen LogP contribution < -0.4 is 5.32 Å². The van der Waals surface area contributed by atoms with Crippen LogP contribution in [0, 0.1) is 27.7 Å². The van der Waals surface area contributed by atoms with Gasteiger partial charge < -0.3 is 14.6 Å². The quantitative estimate of drug-likeness (QED) is 0.339. The molecule has 0 saturated carbocycles. The van der Waals surface area contributed by atoms with Crippen LogP contribution in [0.4, 0.5) is 5.00 Å². The Hall–Kier alpha value is -3.38. The fourth-order valence-corrected chi connectivity index (χ4v) is 5.49. The zero-order chi connectivity index (χ0) is 23.9. The molecular weight excluding hydrogens is 432 g/mol. The number of carbonyl (C=O) groups excluding carboxylic acids is 2. The van der Waals surface area contributed by atoms with E-state index in [1.165, 1.54) is 24.0 Å². The van der Waals surface area contributed by atoms with E-state index in [2.05, 4.69) is 18.3 Å². The van der Waals surface area contributed by atoms with Gasteiger partial charge in [0.05, 0.1) is 7.11 Å². The number of fused-ring (bicyclic) bond motifs is 1. The van der Waals surface area contributed by atoms with Gasteiger partial charge in [-0.05, 0) is 62.9 Å². The summed E-state index contributed by atoms with van der Waals surface area (Å²) in [5, 5.41) is 4.59. The second-order valence-corrected chi connectivity index (χ2v) is 9.44. The summed E-state index contributed by atoms with van der Waals surface area (Å²) < 4.78 is 7.14. The third-order valence-corrected chi connectivity index (χ3v) is 7.27. The first-order valence-corrected chi connectivity index (χ1v) is 11.8. The first-order chi connectivity index (χ1) is 15.8. The third-order valence-electron chi connectivity index (χ3n) is 6.25. The molecule has 0 spiro atoms. The molecule has 0 aliphatic rings. The Morgan fingerprint density at radius 2 is 1.76 bits per heavy atom. The zero-order valence-corrected chi connectivity index (χ0v) is 20.6. The van der Waals surface area contributed by atoms with Crippen LogP contribution in [-0.4, -0.2) is 23.6 Å². The fraction of sp³-hybridized carbons (Fsp3) is 0.259. The normalized spacial score (nSPS) is 11.1. The van der Waals surface area contributed by atoms with E-state index in [0.717, 1.165) is 38.0 Å². The third kappa shape index (κ3) is 3.85. The molecule has 0 atom stereocenters. The number of anilines is 1. The SMILES string of the molecule is CCn1c(C(=O)Nc2sc(C)c(-c3ccc(C)c(C)c3)c2C(=O)OC)c(C)c2ccccc21. The molecule has 1 amide bonds. The molecule has 2 aromatic carbocycles. The molecule has 170 valence electrons. The number of carbonyl (C=O) groups is 2. The number of benzene rings is 2. The van der Waals surface area contributed by atoms with E-state index in [9.17, 15) is 9.59 Å². The Balaban J connectivity index is 1.83. The van der Waals surface area contributed by atoms with Gasteiger partial charge >= 0.3 is 5.97 Å². The monoisotopic (exact) mass is 460 g/mol. The van der Waals surface area contributed by atoms with Gasteiger partial charge in [0.25, 0.3) is 5.91 Å². The largest absolute Gasteiger partial charge is 0.465 e. The summed E-state index contributed by atoms with van der Waals surface area (Å²) in [5.41, 5.74) is 7.01. The molecule has 6 heteroatoms. The van der Waals surface area contributed by atoms with E-state index >= 15 is 0 Å². The molecule has 0 unspecified atom stereocenters. The van der Waals surface area contributed by atoms with E-state index in [-0.39, 0.29) is 5.91 Å². The summed E-state index contributed by atoms with van der Waals surface area (Å²) >= 11 is 1.40. The van der Waals surface area contributed by atoms with E-state index in [0.29, 0.717) is 22.8 Å². The first kappa shape index (κ1) is 22.8. The minimum absolute atomic E-state index is 0.233. The van der Waals surface area contributed by atoms with E-state index in [4.69, 9.17) is 4.74 Å².